The van der Waals surface area contributed by atoms with Crippen LogP contribution in [0.5, 0.6) is 0 Å². The number of morpholine rings is 1. The van der Waals surface area contributed by atoms with E-state index < -0.39 is 0 Å². The van der Waals surface area contributed by atoms with E-state index in [0.29, 0.717) is 28.1 Å². The van der Waals surface area contributed by atoms with Gasteiger partial charge in [0.25, 0.3) is 0 Å². The molecule has 2 aromatic heterocycles. The van der Waals surface area contributed by atoms with Crippen molar-refractivity contribution in [2.45, 2.75) is 12.8 Å². The predicted molar refractivity (Wildman–Crippen MR) is 114 cm³/mol. The molecule has 28 heavy (non-hydrogen) atoms. The second kappa shape index (κ2) is 8.57. The van der Waals surface area contributed by atoms with Crippen molar-refractivity contribution in [3.63, 3.8) is 0 Å². The Hall–Kier alpha value is -2.00. The van der Waals surface area contributed by atoms with Crippen LogP contribution < -0.4 is 10.2 Å². The zero-order chi connectivity index (χ0) is 19.5. The Bertz CT molecular complexity index is 1010. The number of carbonyl (C=O) groups excluding carboxylic acids is 2. The average molecular weight is 436 g/mol. The fourth-order valence-corrected chi connectivity index (χ4v) is 4.99. The first-order valence-corrected chi connectivity index (χ1v) is 10.9. The van der Waals surface area contributed by atoms with Crippen LogP contribution in [0.3, 0.4) is 0 Å². The van der Waals surface area contributed by atoms with Crippen molar-refractivity contribution in [2.24, 2.45) is 0 Å². The van der Waals surface area contributed by atoms with E-state index >= 15 is 0 Å². The molecule has 3 aromatic rings. The third kappa shape index (κ3) is 4.52. The number of nitrogens with zero attached hydrogens (tertiary/aromatic N) is 2. The van der Waals surface area contributed by atoms with Crippen molar-refractivity contribution in [3.8, 4) is 0 Å². The monoisotopic (exact) mass is 435 g/mol. The van der Waals surface area contributed by atoms with Crippen LogP contribution in [-0.2, 0) is 9.53 Å². The van der Waals surface area contributed by atoms with E-state index in [1.807, 2.05) is 18.2 Å². The highest BCUT2D eigenvalue weighted by Gasteiger charge is 2.16. The van der Waals surface area contributed by atoms with E-state index in [0.717, 1.165) is 28.4 Å². The molecule has 9 heteroatoms. The molecular weight excluding hydrogens is 418 g/mol. The molecule has 1 aliphatic rings. The van der Waals surface area contributed by atoms with Crippen LogP contribution in [0.15, 0.2) is 30.3 Å². The van der Waals surface area contributed by atoms with Gasteiger partial charge in [-0.25, -0.2) is 4.98 Å². The van der Waals surface area contributed by atoms with Crippen LogP contribution in [0.25, 0.3) is 10.2 Å². The number of halogens is 1. The predicted octanol–water partition coefficient (Wildman–Crippen LogP) is 4.45. The first-order chi connectivity index (χ1) is 13.6. The lowest BCUT2D eigenvalue weighted by Crippen LogP contribution is -2.36. The maximum atomic E-state index is 12.2. The highest BCUT2D eigenvalue weighted by molar-refractivity contribution is 7.22. The topological polar surface area (TPSA) is 71.5 Å². The number of Topliss-reactive ketones (excluding diaryl/α,β-unsaturated/α-hetero) is 1. The molecule has 1 aliphatic heterocycles. The Labute approximate surface area is 175 Å². The number of benzene rings is 1. The van der Waals surface area contributed by atoms with Crippen LogP contribution in [0, 0.1) is 0 Å². The second-order valence-corrected chi connectivity index (χ2v) is 9.08. The van der Waals surface area contributed by atoms with Gasteiger partial charge in [0.1, 0.15) is 0 Å². The molecule has 1 saturated heterocycles. The van der Waals surface area contributed by atoms with E-state index in [1.54, 1.807) is 23.5 Å². The molecule has 1 aromatic carbocycles. The molecular formula is C19H18ClN3O3S2. The summed E-state index contributed by atoms with van der Waals surface area (Å²) in [5, 5.41) is 3.84. The summed E-state index contributed by atoms with van der Waals surface area (Å²) in [4.78, 5) is 31.8. The first-order valence-electron chi connectivity index (χ1n) is 8.90. The van der Waals surface area contributed by atoms with Crippen molar-refractivity contribution in [1.82, 2.24) is 4.98 Å². The molecule has 1 fully saturated rings. The van der Waals surface area contributed by atoms with Gasteiger partial charge in [-0.3, -0.25) is 9.59 Å². The summed E-state index contributed by atoms with van der Waals surface area (Å²) in [7, 11) is 0. The van der Waals surface area contributed by atoms with Crippen LogP contribution >= 0.6 is 34.3 Å². The molecule has 0 atom stereocenters. The zero-order valence-corrected chi connectivity index (χ0v) is 17.3. The number of fused-ring (bicyclic) bond motifs is 1. The maximum absolute atomic E-state index is 12.2. The van der Waals surface area contributed by atoms with Gasteiger partial charge >= 0.3 is 0 Å². The number of ketones is 1. The minimum absolute atomic E-state index is 0.0693. The molecule has 0 saturated carbocycles. The van der Waals surface area contributed by atoms with Gasteiger partial charge in [0, 0.05) is 31.6 Å². The highest BCUT2D eigenvalue weighted by Crippen LogP contribution is 2.31. The second-order valence-electron chi connectivity index (χ2n) is 6.35. The normalized spacial score (nSPS) is 14.4. The van der Waals surface area contributed by atoms with Crippen LogP contribution in [0.4, 0.5) is 10.8 Å². The van der Waals surface area contributed by atoms with Crippen molar-refractivity contribution in [2.75, 3.05) is 36.5 Å². The lowest BCUT2D eigenvalue weighted by atomic mass is 10.2. The number of aromatic nitrogens is 1. The standard InChI is InChI=1S/C19H18ClN3O3S2/c20-17-5-4-15(27-17)14(24)3-6-18(25)21-12-1-2-13-16(11-12)28-19(22-13)23-7-9-26-10-8-23/h1-2,4-5,11H,3,6-10H2,(H,21,25). The zero-order valence-electron chi connectivity index (χ0n) is 14.9. The molecule has 0 unspecified atom stereocenters. The van der Waals surface area contributed by atoms with Crippen LogP contribution in [-0.4, -0.2) is 43.0 Å². The van der Waals surface area contributed by atoms with Crippen LogP contribution in [0.2, 0.25) is 4.34 Å². The van der Waals surface area contributed by atoms with E-state index in [9.17, 15) is 9.59 Å². The molecule has 0 radical (unpaired) electrons. The number of hydrogen-bond acceptors (Lipinski definition) is 7. The van der Waals surface area contributed by atoms with Gasteiger partial charge in [-0.15, -0.1) is 11.3 Å². The van der Waals surface area contributed by atoms with Gasteiger partial charge in [0.05, 0.1) is 32.6 Å². The molecule has 6 nitrogen and oxygen atoms in total. The highest BCUT2D eigenvalue weighted by atomic mass is 35.5. The van der Waals surface area contributed by atoms with E-state index in [4.69, 9.17) is 16.3 Å². The first kappa shape index (κ1) is 19.3. The van der Waals surface area contributed by atoms with Crippen molar-refractivity contribution in [1.29, 1.82) is 0 Å². The third-order valence-corrected chi connectivity index (χ3v) is 6.72. The largest absolute Gasteiger partial charge is 0.378 e. The Morgan fingerprint density at radius 1 is 1.14 bits per heavy atom. The van der Waals surface area contributed by atoms with Crippen molar-refractivity contribution >= 4 is 67.0 Å². The average Bonchev–Trinajstić information content (AvgIpc) is 3.33. The maximum Gasteiger partial charge on any atom is 0.224 e. The lowest BCUT2D eigenvalue weighted by molar-refractivity contribution is -0.116. The van der Waals surface area contributed by atoms with Crippen LogP contribution in [0.1, 0.15) is 22.5 Å². The Morgan fingerprint density at radius 3 is 2.71 bits per heavy atom. The fraction of sp³-hybridized carbons (Fsp3) is 0.316. The van der Waals surface area contributed by atoms with Crippen molar-refractivity contribution in [3.05, 3.63) is 39.5 Å². The van der Waals surface area contributed by atoms with E-state index in [1.165, 1.54) is 11.3 Å². The number of ether oxygens (including phenoxy) is 1. The molecule has 4 rings (SSSR count). The molecule has 0 bridgehead atoms. The third-order valence-electron chi connectivity index (χ3n) is 4.37. The quantitative estimate of drug-likeness (QED) is 0.579. The summed E-state index contributed by atoms with van der Waals surface area (Å²) in [6.45, 7) is 3.11. The molecule has 0 aliphatic carbocycles. The molecule has 1 amide bonds. The number of thiazole rings is 1. The summed E-state index contributed by atoms with van der Waals surface area (Å²) < 4.78 is 6.97. The summed E-state index contributed by atoms with van der Waals surface area (Å²) in [5.41, 5.74) is 1.62. The van der Waals surface area contributed by atoms with Gasteiger partial charge in [0.15, 0.2) is 10.9 Å². The fourth-order valence-electron chi connectivity index (χ4n) is 2.92. The summed E-state index contributed by atoms with van der Waals surface area (Å²) in [6.07, 6.45) is 0.292. The number of carbonyl (C=O) groups is 2. The van der Waals surface area contributed by atoms with Gasteiger partial charge in [-0.2, -0.15) is 0 Å². The molecule has 3 heterocycles. The molecule has 146 valence electrons. The number of amides is 1. The number of thiophene rings is 1. The van der Waals surface area contributed by atoms with Gasteiger partial charge in [-0.05, 0) is 30.3 Å². The van der Waals surface area contributed by atoms with Gasteiger partial charge < -0.3 is 15.0 Å². The smallest absolute Gasteiger partial charge is 0.224 e. The Morgan fingerprint density at radius 2 is 1.96 bits per heavy atom. The Balaban J connectivity index is 1.37. The summed E-state index contributed by atoms with van der Waals surface area (Å²) in [5.74, 6) is -0.256. The SMILES string of the molecule is O=C(CCC(=O)c1ccc(Cl)s1)Nc1ccc2nc(N3CCOCC3)sc2c1. The minimum atomic E-state index is -0.187. The number of rotatable bonds is 6. The van der Waals surface area contributed by atoms with E-state index in [-0.39, 0.29) is 24.5 Å². The van der Waals surface area contributed by atoms with Gasteiger partial charge in [-0.1, -0.05) is 22.9 Å². The summed E-state index contributed by atoms with van der Waals surface area (Å²) >= 11 is 8.69. The molecule has 1 N–H and O–H groups in total. The van der Waals surface area contributed by atoms with Crippen molar-refractivity contribution < 1.29 is 14.3 Å². The number of nitrogens with one attached hydrogen (secondary N) is 1. The number of hydrogen-bond donors (Lipinski definition) is 1. The van der Waals surface area contributed by atoms with E-state index in [2.05, 4.69) is 15.2 Å². The number of anilines is 2. The minimum Gasteiger partial charge on any atom is -0.378 e. The summed E-state index contributed by atoms with van der Waals surface area (Å²) in [6, 6.07) is 9.05. The lowest BCUT2D eigenvalue weighted by Gasteiger charge is -2.25. The Kier molecular flexibility index (Phi) is 5.91. The van der Waals surface area contributed by atoms with Gasteiger partial charge in [0.2, 0.25) is 5.91 Å². The molecule has 0 spiro atoms.